The Kier molecular flexibility index (Phi) is 5.33. The molecule has 2 aromatic rings. The minimum absolute atomic E-state index is 0.0885. The number of piperidine rings is 1. The summed E-state index contributed by atoms with van der Waals surface area (Å²) in [4.78, 5) is 25.3. The molecule has 5 nitrogen and oxygen atoms in total. The van der Waals surface area contributed by atoms with E-state index >= 15 is 0 Å². The molecule has 0 radical (unpaired) electrons. The summed E-state index contributed by atoms with van der Waals surface area (Å²) in [6.07, 6.45) is 4.60. The van der Waals surface area contributed by atoms with Gasteiger partial charge in [0.15, 0.2) is 0 Å². The zero-order chi connectivity index (χ0) is 17.6. The Hall–Kier alpha value is -2.82. The van der Waals surface area contributed by atoms with Gasteiger partial charge in [0.1, 0.15) is 0 Å². The minimum Gasteiger partial charge on any atom is -0.453 e. The normalized spacial score (nSPS) is 15.5. The Balaban J connectivity index is 1.58. The van der Waals surface area contributed by atoms with E-state index in [9.17, 15) is 9.59 Å². The number of amides is 2. The van der Waals surface area contributed by atoms with Crippen molar-refractivity contribution in [3.8, 4) is 0 Å². The number of likely N-dealkylation sites (tertiary alicyclic amines) is 1. The summed E-state index contributed by atoms with van der Waals surface area (Å²) in [5.74, 6) is -0.107. The molecule has 2 aromatic carbocycles. The summed E-state index contributed by atoms with van der Waals surface area (Å²) in [5, 5.41) is 5.29. The molecule has 1 N–H and O–H groups in total. The monoisotopic (exact) mass is 338 g/mol. The van der Waals surface area contributed by atoms with E-state index in [-0.39, 0.29) is 18.0 Å². The van der Waals surface area contributed by atoms with E-state index in [1.165, 1.54) is 7.11 Å². The van der Waals surface area contributed by atoms with E-state index in [4.69, 9.17) is 4.74 Å². The van der Waals surface area contributed by atoms with Gasteiger partial charge >= 0.3 is 6.09 Å². The molecular formula is C20H22N2O3. The van der Waals surface area contributed by atoms with E-state index in [0.717, 1.165) is 29.2 Å². The van der Waals surface area contributed by atoms with Gasteiger partial charge in [-0.05, 0) is 35.3 Å². The van der Waals surface area contributed by atoms with E-state index in [0.29, 0.717) is 13.1 Å². The first-order chi connectivity index (χ1) is 12.2. The Morgan fingerprint density at radius 2 is 1.84 bits per heavy atom. The number of benzene rings is 2. The molecule has 1 aliphatic heterocycles. The maximum Gasteiger partial charge on any atom is 0.409 e. The predicted molar refractivity (Wildman–Crippen MR) is 98.1 cm³/mol. The highest BCUT2D eigenvalue weighted by molar-refractivity contribution is 5.96. The molecule has 2 amide bonds. The molecular weight excluding hydrogens is 316 g/mol. The summed E-state index contributed by atoms with van der Waals surface area (Å²) in [7, 11) is 1.38. The second-order valence-corrected chi connectivity index (χ2v) is 6.14. The summed E-state index contributed by atoms with van der Waals surface area (Å²) >= 11 is 0. The van der Waals surface area contributed by atoms with Crippen molar-refractivity contribution in [1.29, 1.82) is 0 Å². The smallest absolute Gasteiger partial charge is 0.409 e. The van der Waals surface area contributed by atoms with Gasteiger partial charge in [0.05, 0.1) is 7.11 Å². The quantitative estimate of drug-likeness (QED) is 0.875. The van der Waals surface area contributed by atoms with Crippen LogP contribution in [0, 0.1) is 0 Å². The zero-order valence-corrected chi connectivity index (χ0v) is 14.3. The van der Waals surface area contributed by atoms with Crippen LogP contribution in [0.1, 0.15) is 18.4 Å². The molecule has 1 heterocycles. The molecule has 0 aromatic heterocycles. The Labute approximate surface area is 147 Å². The van der Waals surface area contributed by atoms with Crippen molar-refractivity contribution < 1.29 is 14.3 Å². The van der Waals surface area contributed by atoms with Crippen molar-refractivity contribution in [2.24, 2.45) is 0 Å². The van der Waals surface area contributed by atoms with Crippen LogP contribution in [0.15, 0.2) is 48.5 Å². The number of methoxy groups -OCH3 is 1. The van der Waals surface area contributed by atoms with Crippen molar-refractivity contribution in [3.63, 3.8) is 0 Å². The van der Waals surface area contributed by atoms with Crippen LogP contribution < -0.4 is 5.32 Å². The summed E-state index contributed by atoms with van der Waals surface area (Å²) in [6.45, 7) is 1.20. The highest BCUT2D eigenvalue weighted by Gasteiger charge is 2.23. The number of rotatable bonds is 3. The van der Waals surface area contributed by atoms with Gasteiger partial charge < -0.3 is 15.0 Å². The van der Waals surface area contributed by atoms with Crippen LogP contribution in [0.2, 0.25) is 0 Å². The van der Waals surface area contributed by atoms with E-state index in [1.54, 1.807) is 11.0 Å². The van der Waals surface area contributed by atoms with Gasteiger partial charge in [0, 0.05) is 25.2 Å². The van der Waals surface area contributed by atoms with Gasteiger partial charge in [-0.15, -0.1) is 0 Å². The molecule has 0 saturated carbocycles. The molecule has 0 unspecified atom stereocenters. The number of carbonyl (C=O) groups excluding carboxylic acids is 2. The SMILES string of the molecule is COC(=O)N1CCC(NC(=O)C=Cc2cccc3ccccc23)CC1. The number of hydrogen-bond donors (Lipinski definition) is 1. The number of nitrogens with zero attached hydrogens (tertiary/aromatic N) is 1. The van der Waals surface area contributed by atoms with E-state index in [1.807, 2.05) is 30.3 Å². The summed E-state index contributed by atoms with van der Waals surface area (Å²) < 4.78 is 4.72. The fourth-order valence-electron chi connectivity index (χ4n) is 3.15. The topological polar surface area (TPSA) is 58.6 Å². The third-order valence-electron chi connectivity index (χ3n) is 4.51. The third kappa shape index (κ3) is 4.18. The van der Waals surface area contributed by atoms with Crippen LogP contribution in [0.3, 0.4) is 0 Å². The second kappa shape index (κ2) is 7.83. The molecule has 0 aliphatic carbocycles. The molecule has 0 spiro atoms. The average Bonchev–Trinajstić information content (AvgIpc) is 2.66. The standard InChI is InChI=1S/C20H22N2O3/c1-25-20(24)22-13-11-17(12-14-22)21-19(23)10-9-16-7-4-6-15-5-2-3-8-18(15)16/h2-10,17H,11-14H2,1H3,(H,21,23). The highest BCUT2D eigenvalue weighted by atomic mass is 16.5. The number of fused-ring (bicyclic) bond motifs is 1. The molecule has 3 rings (SSSR count). The number of nitrogens with one attached hydrogen (secondary N) is 1. The Bertz CT molecular complexity index is 787. The van der Waals surface area contributed by atoms with Gasteiger partial charge in [-0.2, -0.15) is 0 Å². The molecule has 0 atom stereocenters. The van der Waals surface area contributed by atoms with Gasteiger partial charge in [0.2, 0.25) is 5.91 Å². The van der Waals surface area contributed by atoms with Crippen LogP contribution >= 0.6 is 0 Å². The summed E-state index contributed by atoms with van der Waals surface area (Å²) in [5.41, 5.74) is 1.02. The average molecular weight is 338 g/mol. The third-order valence-corrected chi connectivity index (χ3v) is 4.51. The van der Waals surface area contributed by atoms with Crippen LogP contribution in [0.5, 0.6) is 0 Å². The van der Waals surface area contributed by atoms with Gasteiger partial charge in [-0.25, -0.2) is 4.79 Å². The van der Waals surface area contributed by atoms with E-state index in [2.05, 4.69) is 23.5 Å². The largest absolute Gasteiger partial charge is 0.453 e. The Morgan fingerprint density at radius 3 is 2.60 bits per heavy atom. The van der Waals surface area contributed by atoms with Crippen LogP contribution in [0.25, 0.3) is 16.8 Å². The first kappa shape index (κ1) is 17.0. The van der Waals surface area contributed by atoms with Gasteiger partial charge in [0.25, 0.3) is 0 Å². The molecule has 1 saturated heterocycles. The molecule has 1 fully saturated rings. The van der Waals surface area contributed by atoms with Crippen molar-refractivity contribution in [2.45, 2.75) is 18.9 Å². The lowest BCUT2D eigenvalue weighted by Gasteiger charge is -2.31. The lowest BCUT2D eigenvalue weighted by Crippen LogP contribution is -2.46. The first-order valence-corrected chi connectivity index (χ1v) is 8.46. The van der Waals surface area contributed by atoms with Crippen molar-refractivity contribution in [2.75, 3.05) is 20.2 Å². The molecule has 0 bridgehead atoms. The maximum absolute atomic E-state index is 12.2. The van der Waals surface area contributed by atoms with Crippen LogP contribution in [-0.2, 0) is 9.53 Å². The first-order valence-electron chi connectivity index (χ1n) is 8.46. The number of hydrogen-bond acceptors (Lipinski definition) is 3. The van der Waals surface area contributed by atoms with Crippen molar-refractivity contribution in [1.82, 2.24) is 10.2 Å². The number of carbonyl (C=O) groups is 2. The minimum atomic E-state index is -0.305. The van der Waals surface area contributed by atoms with Gasteiger partial charge in [-0.1, -0.05) is 42.5 Å². The number of ether oxygens (including phenoxy) is 1. The summed E-state index contributed by atoms with van der Waals surface area (Å²) in [6, 6.07) is 14.2. The van der Waals surface area contributed by atoms with Gasteiger partial charge in [-0.3, -0.25) is 4.79 Å². The lowest BCUT2D eigenvalue weighted by atomic mass is 10.0. The Morgan fingerprint density at radius 1 is 1.12 bits per heavy atom. The molecule has 25 heavy (non-hydrogen) atoms. The van der Waals surface area contributed by atoms with Crippen LogP contribution in [-0.4, -0.2) is 43.1 Å². The molecule has 130 valence electrons. The maximum atomic E-state index is 12.2. The predicted octanol–water partition coefficient (Wildman–Crippen LogP) is 3.20. The van der Waals surface area contributed by atoms with Crippen LogP contribution in [0.4, 0.5) is 4.79 Å². The highest BCUT2D eigenvalue weighted by Crippen LogP contribution is 2.19. The van der Waals surface area contributed by atoms with Crippen molar-refractivity contribution in [3.05, 3.63) is 54.1 Å². The molecule has 5 heteroatoms. The molecule has 1 aliphatic rings. The fraction of sp³-hybridized carbons (Fsp3) is 0.300. The fourth-order valence-corrected chi connectivity index (χ4v) is 3.15. The second-order valence-electron chi connectivity index (χ2n) is 6.14. The lowest BCUT2D eigenvalue weighted by molar-refractivity contribution is -0.117. The van der Waals surface area contributed by atoms with E-state index < -0.39 is 0 Å². The zero-order valence-electron chi connectivity index (χ0n) is 14.3. The van der Waals surface area contributed by atoms with Crippen molar-refractivity contribution >= 4 is 28.8 Å².